The molecule has 1 aliphatic heterocycles. The Labute approximate surface area is 166 Å². The molecule has 1 aromatic heterocycles. The highest BCUT2D eigenvalue weighted by atomic mass is 35.5. The Hall–Kier alpha value is -3.00. The number of rotatable bonds is 5. The second-order valence-corrected chi connectivity index (χ2v) is 6.74. The van der Waals surface area contributed by atoms with Gasteiger partial charge in [-0.1, -0.05) is 11.6 Å². The van der Waals surface area contributed by atoms with Crippen LogP contribution < -0.4 is 9.64 Å². The van der Waals surface area contributed by atoms with E-state index in [0.29, 0.717) is 33.5 Å². The van der Waals surface area contributed by atoms with E-state index in [1.54, 1.807) is 38.2 Å². The fraction of sp³-hybridized carbons (Fsp3) is 0.316. The van der Waals surface area contributed by atoms with Gasteiger partial charge in [0, 0.05) is 12.1 Å². The quantitative estimate of drug-likeness (QED) is 0.708. The van der Waals surface area contributed by atoms with Gasteiger partial charge in [0.05, 0.1) is 19.3 Å². The average Bonchev–Trinajstić information content (AvgIpc) is 3.03. The van der Waals surface area contributed by atoms with Crippen LogP contribution in [0.1, 0.15) is 21.9 Å². The number of aryl methyl sites for hydroxylation is 1. The molecule has 0 atom stereocenters. The summed E-state index contributed by atoms with van der Waals surface area (Å²) in [6.45, 7) is 1.46. The molecule has 2 heterocycles. The van der Waals surface area contributed by atoms with Crippen molar-refractivity contribution in [3.8, 4) is 5.75 Å². The summed E-state index contributed by atoms with van der Waals surface area (Å²) in [5.74, 6) is 0.186. The lowest BCUT2D eigenvalue weighted by molar-refractivity contribution is -0.131. The van der Waals surface area contributed by atoms with Gasteiger partial charge in [-0.25, -0.2) is 4.79 Å². The molecule has 3 rings (SSSR count). The fourth-order valence-electron chi connectivity index (χ4n) is 2.86. The van der Waals surface area contributed by atoms with Crippen molar-refractivity contribution in [2.45, 2.75) is 13.5 Å². The Balaban J connectivity index is 1.72. The lowest BCUT2D eigenvalue weighted by Gasteiger charge is -2.30. The van der Waals surface area contributed by atoms with E-state index in [9.17, 15) is 14.4 Å². The van der Waals surface area contributed by atoms with Crippen molar-refractivity contribution >= 4 is 35.1 Å². The number of hydrogen-bond donors (Lipinski definition) is 0. The zero-order valence-corrected chi connectivity index (χ0v) is 16.4. The third-order valence-corrected chi connectivity index (χ3v) is 4.59. The minimum absolute atomic E-state index is 0.137. The SMILES string of the molecule is COC(=O)c1cc(CN(C)C(=O)CN2C(=O)COc3ccc(Cl)cc32)oc1C. The van der Waals surface area contributed by atoms with Crippen LogP contribution in [0.3, 0.4) is 0 Å². The van der Waals surface area contributed by atoms with E-state index in [1.807, 2.05) is 0 Å². The molecule has 148 valence electrons. The second-order valence-electron chi connectivity index (χ2n) is 6.30. The molecule has 1 aromatic carbocycles. The molecule has 0 radical (unpaired) electrons. The maximum atomic E-state index is 12.7. The summed E-state index contributed by atoms with van der Waals surface area (Å²) in [6, 6.07) is 6.44. The van der Waals surface area contributed by atoms with E-state index >= 15 is 0 Å². The van der Waals surface area contributed by atoms with Crippen molar-refractivity contribution in [3.05, 3.63) is 46.4 Å². The molecular weight excluding hydrogens is 388 g/mol. The predicted octanol–water partition coefficient (Wildman–Crippen LogP) is 2.41. The molecule has 28 heavy (non-hydrogen) atoms. The lowest BCUT2D eigenvalue weighted by atomic mass is 10.2. The van der Waals surface area contributed by atoms with Crippen molar-refractivity contribution in [1.82, 2.24) is 4.90 Å². The number of likely N-dealkylation sites (N-methyl/N-ethyl adjacent to an activating group) is 1. The number of benzene rings is 1. The van der Waals surface area contributed by atoms with Gasteiger partial charge in [0.2, 0.25) is 5.91 Å². The van der Waals surface area contributed by atoms with Crippen LogP contribution in [0.5, 0.6) is 5.75 Å². The third-order valence-electron chi connectivity index (χ3n) is 4.35. The number of ether oxygens (including phenoxy) is 2. The summed E-state index contributed by atoms with van der Waals surface area (Å²) in [4.78, 5) is 39.4. The number of hydrogen-bond acceptors (Lipinski definition) is 6. The molecule has 8 nitrogen and oxygen atoms in total. The zero-order chi connectivity index (χ0) is 20.4. The fourth-order valence-corrected chi connectivity index (χ4v) is 3.03. The van der Waals surface area contributed by atoms with Crippen LogP contribution in [0.15, 0.2) is 28.7 Å². The number of fused-ring (bicyclic) bond motifs is 1. The zero-order valence-electron chi connectivity index (χ0n) is 15.7. The Kier molecular flexibility index (Phi) is 5.60. The number of amides is 2. The summed E-state index contributed by atoms with van der Waals surface area (Å²) in [6.07, 6.45) is 0. The van der Waals surface area contributed by atoms with Crippen LogP contribution in [0, 0.1) is 6.92 Å². The van der Waals surface area contributed by atoms with Gasteiger partial charge < -0.3 is 18.8 Å². The summed E-state index contributed by atoms with van der Waals surface area (Å²) in [5, 5.41) is 0.434. The standard InChI is InChI=1S/C19H19ClN2O6/c1-11-14(19(25)26-3)7-13(28-11)8-21(2)17(23)9-22-15-6-12(20)4-5-16(15)27-10-18(22)24/h4-7H,8-10H2,1-3H3. The highest BCUT2D eigenvalue weighted by molar-refractivity contribution is 6.31. The van der Waals surface area contributed by atoms with E-state index in [1.165, 1.54) is 16.9 Å². The summed E-state index contributed by atoms with van der Waals surface area (Å²) in [7, 11) is 2.87. The maximum Gasteiger partial charge on any atom is 0.341 e. The number of nitrogens with zero attached hydrogens (tertiary/aromatic N) is 2. The summed E-state index contributed by atoms with van der Waals surface area (Å²) >= 11 is 6.01. The van der Waals surface area contributed by atoms with Crippen molar-refractivity contribution in [2.75, 3.05) is 32.2 Å². The Bertz CT molecular complexity index is 939. The molecule has 0 saturated carbocycles. The molecule has 9 heteroatoms. The van der Waals surface area contributed by atoms with Gasteiger partial charge in [-0.05, 0) is 31.2 Å². The Morgan fingerprint density at radius 1 is 1.32 bits per heavy atom. The van der Waals surface area contributed by atoms with Crippen LogP contribution in [-0.2, 0) is 20.9 Å². The molecule has 2 amide bonds. The first-order valence-electron chi connectivity index (χ1n) is 8.44. The van der Waals surface area contributed by atoms with Crippen LogP contribution >= 0.6 is 11.6 Å². The van der Waals surface area contributed by atoms with Crippen LogP contribution in [0.4, 0.5) is 5.69 Å². The highest BCUT2D eigenvalue weighted by Gasteiger charge is 2.29. The topological polar surface area (TPSA) is 89.3 Å². The first-order valence-corrected chi connectivity index (χ1v) is 8.82. The van der Waals surface area contributed by atoms with Gasteiger partial charge in [0.15, 0.2) is 6.61 Å². The molecule has 0 N–H and O–H groups in total. The Morgan fingerprint density at radius 2 is 2.07 bits per heavy atom. The highest BCUT2D eigenvalue weighted by Crippen LogP contribution is 2.34. The van der Waals surface area contributed by atoms with Crippen LogP contribution in [0.25, 0.3) is 0 Å². The molecule has 2 aromatic rings. The smallest absolute Gasteiger partial charge is 0.341 e. The minimum atomic E-state index is -0.506. The second kappa shape index (κ2) is 7.93. The van der Waals surface area contributed by atoms with Crippen molar-refractivity contribution < 1.29 is 28.3 Å². The van der Waals surface area contributed by atoms with Crippen LogP contribution in [0.2, 0.25) is 5.02 Å². The van der Waals surface area contributed by atoms with E-state index in [2.05, 4.69) is 0 Å². The van der Waals surface area contributed by atoms with Crippen molar-refractivity contribution in [3.63, 3.8) is 0 Å². The molecule has 0 bridgehead atoms. The van der Waals surface area contributed by atoms with Crippen LogP contribution in [-0.4, -0.2) is 50.0 Å². The molecule has 1 aliphatic rings. The summed E-state index contributed by atoms with van der Waals surface area (Å²) < 4.78 is 15.6. The van der Waals surface area contributed by atoms with Crippen molar-refractivity contribution in [2.24, 2.45) is 0 Å². The number of carbonyl (C=O) groups is 3. The van der Waals surface area contributed by atoms with E-state index in [0.717, 1.165) is 0 Å². The van der Waals surface area contributed by atoms with Gasteiger partial charge in [-0.2, -0.15) is 0 Å². The van der Waals surface area contributed by atoms with Gasteiger partial charge in [0.1, 0.15) is 29.4 Å². The number of halogens is 1. The average molecular weight is 407 g/mol. The lowest BCUT2D eigenvalue weighted by Crippen LogP contribution is -2.45. The monoisotopic (exact) mass is 406 g/mol. The molecule has 0 fully saturated rings. The molecule has 0 unspecified atom stereocenters. The van der Waals surface area contributed by atoms with E-state index < -0.39 is 5.97 Å². The van der Waals surface area contributed by atoms with E-state index in [4.69, 9.17) is 25.5 Å². The number of methoxy groups -OCH3 is 1. The Morgan fingerprint density at radius 3 is 2.79 bits per heavy atom. The molecule has 0 aliphatic carbocycles. The molecule has 0 saturated heterocycles. The first-order chi connectivity index (χ1) is 13.3. The number of furan rings is 1. The minimum Gasteiger partial charge on any atom is -0.482 e. The maximum absolute atomic E-state index is 12.7. The van der Waals surface area contributed by atoms with Gasteiger partial charge >= 0.3 is 5.97 Å². The summed E-state index contributed by atoms with van der Waals surface area (Å²) in [5.41, 5.74) is 0.762. The largest absolute Gasteiger partial charge is 0.482 e. The van der Waals surface area contributed by atoms with E-state index in [-0.39, 0.29) is 31.5 Å². The normalized spacial score (nSPS) is 13.0. The number of esters is 1. The van der Waals surface area contributed by atoms with Gasteiger partial charge in [-0.3, -0.25) is 14.5 Å². The van der Waals surface area contributed by atoms with Gasteiger partial charge in [-0.15, -0.1) is 0 Å². The molecule has 0 spiro atoms. The first kappa shape index (κ1) is 19.8. The number of anilines is 1. The van der Waals surface area contributed by atoms with Gasteiger partial charge in [0.25, 0.3) is 5.91 Å². The third kappa shape index (κ3) is 3.96. The van der Waals surface area contributed by atoms with Crippen molar-refractivity contribution in [1.29, 1.82) is 0 Å². The number of carbonyl (C=O) groups excluding carboxylic acids is 3. The molecular formula is C19H19ClN2O6. The predicted molar refractivity (Wildman–Crippen MR) is 101 cm³/mol.